The summed E-state index contributed by atoms with van der Waals surface area (Å²) in [5, 5.41) is 2.57. The molecule has 9 aromatic rings. The Morgan fingerprint density at radius 1 is 0.322 bits per heavy atom. The summed E-state index contributed by atoms with van der Waals surface area (Å²) in [4.78, 5) is 2.53. The molecule has 1 nitrogen and oxygen atoms in total. The van der Waals surface area contributed by atoms with Crippen molar-refractivity contribution < 1.29 is 0 Å². The van der Waals surface area contributed by atoms with Gasteiger partial charge in [-0.3, -0.25) is 0 Å². The van der Waals surface area contributed by atoms with Gasteiger partial charge in [0, 0.05) is 33.3 Å². The zero-order valence-electron chi connectivity index (χ0n) is 34.0. The molecule has 0 bridgehead atoms. The zero-order valence-corrected chi connectivity index (χ0v) is 34.0. The highest BCUT2D eigenvalue weighted by molar-refractivity contribution is 6.15. The van der Waals surface area contributed by atoms with Gasteiger partial charge in [-0.2, -0.15) is 0 Å². The fourth-order valence-corrected chi connectivity index (χ4v) is 10.4. The number of nitrogens with zero attached hydrogens (tertiary/aromatic N) is 1. The maximum absolute atomic E-state index is 2.53. The van der Waals surface area contributed by atoms with E-state index in [0.29, 0.717) is 0 Å². The van der Waals surface area contributed by atoms with E-state index in [1.807, 2.05) is 0 Å². The quantitative estimate of drug-likeness (QED) is 0.163. The normalized spacial score (nSPS) is 14.0. The third-order valence-corrected chi connectivity index (χ3v) is 13.2. The minimum Gasteiger partial charge on any atom is -0.309 e. The van der Waals surface area contributed by atoms with E-state index in [-0.39, 0.29) is 10.8 Å². The highest BCUT2D eigenvalue weighted by atomic mass is 15.1. The molecule has 2 aliphatic rings. The molecule has 11 rings (SSSR count). The molecule has 0 fully saturated rings. The molecule has 0 unspecified atom stereocenters. The Kier molecular flexibility index (Phi) is 7.94. The van der Waals surface area contributed by atoms with E-state index in [1.54, 1.807) is 0 Å². The van der Waals surface area contributed by atoms with Crippen LogP contribution in [0.1, 0.15) is 49.9 Å². The van der Waals surface area contributed by atoms with Crippen molar-refractivity contribution in [3.05, 3.63) is 222 Å². The summed E-state index contributed by atoms with van der Waals surface area (Å²) in [5.41, 5.74) is 21.3. The highest BCUT2D eigenvalue weighted by Crippen LogP contribution is 2.60. The van der Waals surface area contributed by atoms with Gasteiger partial charge in [0.1, 0.15) is 0 Å². The van der Waals surface area contributed by atoms with Crippen molar-refractivity contribution in [1.82, 2.24) is 0 Å². The SMILES string of the molecule is CC1(C)c2ccccc2-c2ccc(-c3ccc(N(c4ccc(-c5ccccc5)cc4)c4c5c(c6ccccc6c4-c4ccccc4)C(C)(C)c4ccccc4-5)cc3)cc21. The molecular weight excluding hydrogens is 711 g/mol. The molecule has 282 valence electrons. The van der Waals surface area contributed by atoms with Crippen molar-refractivity contribution in [2.45, 2.75) is 38.5 Å². The molecule has 59 heavy (non-hydrogen) atoms. The molecule has 0 N–H and O–H groups in total. The van der Waals surface area contributed by atoms with E-state index in [0.717, 1.165) is 11.4 Å². The summed E-state index contributed by atoms with van der Waals surface area (Å²) in [6.45, 7) is 9.52. The van der Waals surface area contributed by atoms with Crippen molar-refractivity contribution in [3.63, 3.8) is 0 Å². The molecule has 0 saturated carbocycles. The van der Waals surface area contributed by atoms with Crippen LogP contribution in [0.2, 0.25) is 0 Å². The fourth-order valence-electron chi connectivity index (χ4n) is 10.4. The summed E-state index contributed by atoms with van der Waals surface area (Å²) in [6.07, 6.45) is 0. The average molecular weight is 756 g/mol. The Balaban J connectivity index is 1.16. The van der Waals surface area contributed by atoms with Gasteiger partial charge in [0.05, 0.1) is 5.69 Å². The summed E-state index contributed by atoms with van der Waals surface area (Å²) < 4.78 is 0. The van der Waals surface area contributed by atoms with E-state index in [1.165, 1.54) is 94.3 Å². The molecule has 0 amide bonds. The maximum atomic E-state index is 2.53. The fraction of sp³-hybridized carbons (Fsp3) is 0.103. The number of anilines is 3. The van der Waals surface area contributed by atoms with Gasteiger partial charge in [-0.25, -0.2) is 0 Å². The largest absolute Gasteiger partial charge is 0.309 e. The molecule has 1 heteroatoms. The zero-order chi connectivity index (χ0) is 39.9. The number of benzene rings is 9. The van der Waals surface area contributed by atoms with Crippen LogP contribution in [-0.4, -0.2) is 0 Å². The second-order valence-electron chi connectivity index (χ2n) is 17.3. The predicted octanol–water partition coefficient (Wildman–Crippen LogP) is 15.9. The molecule has 9 aromatic carbocycles. The monoisotopic (exact) mass is 755 g/mol. The van der Waals surface area contributed by atoms with Gasteiger partial charge in [-0.15, -0.1) is 0 Å². The van der Waals surface area contributed by atoms with E-state index < -0.39 is 0 Å². The number of hydrogen-bond acceptors (Lipinski definition) is 1. The Morgan fingerprint density at radius 2 is 0.780 bits per heavy atom. The first-order valence-corrected chi connectivity index (χ1v) is 20.9. The van der Waals surface area contributed by atoms with E-state index in [9.17, 15) is 0 Å². The van der Waals surface area contributed by atoms with E-state index >= 15 is 0 Å². The molecule has 0 heterocycles. The third-order valence-electron chi connectivity index (χ3n) is 13.2. The van der Waals surface area contributed by atoms with Crippen LogP contribution in [0, 0.1) is 0 Å². The van der Waals surface area contributed by atoms with Crippen LogP contribution < -0.4 is 4.90 Å². The first-order valence-electron chi connectivity index (χ1n) is 20.9. The highest BCUT2D eigenvalue weighted by Gasteiger charge is 2.41. The lowest BCUT2D eigenvalue weighted by Gasteiger charge is -2.33. The van der Waals surface area contributed by atoms with Gasteiger partial charge in [0.15, 0.2) is 0 Å². The van der Waals surface area contributed by atoms with Crippen LogP contribution in [0.4, 0.5) is 17.1 Å². The predicted molar refractivity (Wildman–Crippen MR) is 250 cm³/mol. The van der Waals surface area contributed by atoms with Gasteiger partial charge < -0.3 is 4.90 Å². The Morgan fingerprint density at radius 3 is 1.42 bits per heavy atom. The van der Waals surface area contributed by atoms with E-state index in [4.69, 9.17) is 0 Å². The van der Waals surface area contributed by atoms with Crippen molar-refractivity contribution in [1.29, 1.82) is 0 Å². The molecule has 0 spiro atoms. The minimum atomic E-state index is -0.205. The van der Waals surface area contributed by atoms with Gasteiger partial charge in [-0.05, 0) is 108 Å². The summed E-state index contributed by atoms with van der Waals surface area (Å²) >= 11 is 0. The molecule has 0 radical (unpaired) electrons. The van der Waals surface area contributed by atoms with Gasteiger partial charge >= 0.3 is 0 Å². The molecule has 0 aliphatic heterocycles. The minimum absolute atomic E-state index is 0.0566. The first-order chi connectivity index (χ1) is 28.8. The van der Waals surface area contributed by atoms with E-state index in [2.05, 4.69) is 233 Å². The molecule has 0 aromatic heterocycles. The van der Waals surface area contributed by atoms with Gasteiger partial charge in [0.2, 0.25) is 0 Å². The number of rotatable bonds is 6. The van der Waals surface area contributed by atoms with Crippen LogP contribution in [0.25, 0.3) is 66.4 Å². The average Bonchev–Trinajstić information content (AvgIpc) is 3.67. The van der Waals surface area contributed by atoms with Crippen molar-refractivity contribution in [2.75, 3.05) is 4.90 Å². The van der Waals surface area contributed by atoms with Crippen LogP contribution in [0.3, 0.4) is 0 Å². The van der Waals surface area contributed by atoms with Gasteiger partial charge in [0.25, 0.3) is 0 Å². The molecule has 2 aliphatic carbocycles. The van der Waals surface area contributed by atoms with Crippen LogP contribution in [-0.2, 0) is 10.8 Å². The number of hydrogen-bond donors (Lipinski definition) is 0. The number of fused-ring (bicyclic) bond motifs is 8. The lowest BCUT2D eigenvalue weighted by Crippen LogP contribution is -2.17. The maximum Gasteiger partial charge on any atom is 0.0628 e. The molecular formula is C58H45N. The molecule has 0 atom stereocenters. The van der Waals surface area contributed by atoms with Crippen molar-refractivity contribution in [2.24, 2.45) is 0 Å². The first kappa shape index (κ1) is 35.2. The Hall–Kier alpha value is -6.96. The lowest BCUT2D eigenvalue weighted by atomic mass is 9.78. The summed E-state index contributed by atoms with van der Waals surface area (Å²) in [5.74, 6) is 0. The van der Waals surface area contributed by atoms with Crippen LogP contribution in [0.5, 0.6) is 0 Å². The Labute approximate surface area is 347 Å². The smallest absolute Gasteiger partial charge is 0.0628 e. The topological polar surface area (TPSA) is 3.24 Å². The second kappa shape index (κ2) is 13.3. The third kappa shape index (κ3) is 5.38. The lowest BCUT2D eigenvalue weighted by molar-refractivity contribution is 0.660. The second-order valence-corrected chi connectivity index (χ2v) is 17.3. The summed E-state index contributed by atoms with van der Waals surface area (Å²) in [6, 6.07) is 74.2. The van der Waals surface area contributed by atoms with Crippen molar-refractivity contribution in [3.8, 4) is 55.6 Å². The Bertz CT molecular complexity index is 3060. The summed E-state index contributed by atoms with van der Waals surface area (Å²) in [7, 11) is 0. The standard InChI is InChI=1S/C58H45N/c1-57(2)50-25-15-13-21-45(50)46-36-31-42(37-52(46)57)40-29-34-44(35-30-40)59(43-32-27-39(28-33-43)38-17-7-5-8-18-38)56-53(41-19-9-6-10-20-41)47-22-11-12-23-48(47)55-54(56)49-24-14-16-26-51(49)58(55,3)4/h5-37H,1-4H3. The van der Waals surface area contributed by atoms with Gasteiger partial charge in [-0.1, -0.05) is 198 Å². The van der Waals surface area contributed by atoms with Crippen molar-refractivity contribution >= 4 is 27.8 Å². The molecule has 0 saturated heterocycles. The van der Waals surface area contributed by atoms with Crippen LogP contribution >= 0.6 is 0 Å². The van der Waals surface area contributed by atoms with Crippen LogP contribution in [0.15, 0.2) is 200 Å².